The van der Waals surface area contributed by atoms with Crippen LogP contribution in [0.5, 0.6) is 0 Å². The van der Waals surface area contributed by atoms with E-state index in [4.69, 9.17) is 17.3 Å². The van der Waals surface area contributed by atoms with E-state index in [1.807, 2.05) is 19.9 Å². The Balaban J connectivity index is 2.09. The number of nitriles is 1. The van der Waals surface area contributed by atoms with Gasteiger partial charge in [-0.25, -0.2) is 0 Å². The lowest BCUT2D eigenvalue weighted by molar-refractivity contribution is -0.385. The Morgan fingerprint density at radius 2 is 1.77 bits per heavy atom. The van der Waals surface area contributed by atoms with Crippen LogP contribution in [0.4, 0.5) is 17.1 Å². The molecule has 1 aliphatic carbocycles. The zero-order valence-corrected chi connectivity index (χ0v) is 19.6. The van der Waals surface area contributed by atoms with Crippen LogP contribution in [0.3, 0.4) is 0 Å². The van der Waals surface area contributed by atoms with Gasteiger partial charge in [0.05, 0.1) is 27.4 Å². The number of nitro groups is 2. The van der Waals surface area contributed by atoms with Crippen molar-refractivity contribution in [3.8, 4) is 6.07 Å². The first-order valence-corrected chi connectivity index (χ1v) is 11.0. The minimum absolute atomic E-state index is 0.0451. The fourth-order valence-electron chi connectivity index (χ4n) is 4.82. The van der Waals surface area contributed by atoms with Crippen LogP contribution in [-0.4, -0.2) is 15.6 Å². The fourth-order valence-corrected chi connectivity index (χ4v) is 4.99. The third-order valence-electron chi connectivity index (χ3n) is 6.20. The maximum absolute atomic E-state index is 13.5. The number of para-hydroxylation sites is 1. The summed E-state index contributed by atoms with van der Waals surface area (Å²) in [6.45, 7) is 3.76. The number of nitro benzene ring substituents is 2. The maximum atomic E-state index is 13.5. The minimum Gasteiger partial charge on any atom is -0.384 e. The van der Waals surface area contributed by atoms with Gasteiger partial charge in [-0.1, -0.05) is 43.6 Å². The Morgan fingerprint density at radius 3 is 2.40 bits per heavy atom. The largest absolute Gasteiger partial charge is 0.384 e. The Bertz CT molecular complexity index is 1410. The number of anilines is 1. The molecule has 0 bridgehead atoms. The van der Waals surface area contributed by atoms with Crippen molar-refractivity contribution in [3.05, 3.63) is 95.9 Å². The molecule has 0 aromatic heterocycles. The third-order valence-corrected chi connectivity index (χ3v) is 6.44. The molecule has 2 aromatic carbocycles. The van der Waals surface area contributed by atoms with E-state index in [-0.39, 0.29) is 56.8 Å². The molecule has 178 valence electrons. The number of nitrogens with zero attached hydrogens (tertiary/aromatic N) is 4. The molecule has 0 spiro atoms. The van der Waals surface area contributed by atoms with E-state index >= 15 is 0 Å². The molecule has 1 unspecified atom stereocenters. The number of hydrogen-bond acceptors (Lipinski definition) is 8. The van der Waals surface area contributed by atoms with Gasteiger partial charge in [0.2, 0.25) is 0 Å². The van der Waals surface area contributed by atoms with Gasteiger partial charge in [-0.2, -0.15) is 5.26 Å². The second-order valence-corrected chi connectivity index (χ2v) is 9.62. The molecule has 2 N–H and O–H groups in total. The monoisotopic (exact) mass is 493 g/mol. The van der Waals surface area contributed by atoms with E-state index in [2.05, 4.69) is 0 Å². The van der Waals surface area contributed by atoms with Crippen molar-refractivity contribution in [2.24, 2.45) is 11.1 Å². The number of carbonyl (C=O) groups is 1. The van der Waals surface area contributed by atoms with Gasteiger partial charge in [0, 0.05) is 40.4 Å². The smallest absolute Gasteiger partial charge is 0.294 e. The molecule has 1 heterocycles. The van der Waals surface area contributed by atoms with Crippen LogP contribution >= 0.6 is 11.6 Å². The average Bonchev–Trinajstić information content (AvgIpc) is 2.78. The molecular formula is C24H20ClN5O5. The van der Waals surface area contributed by atoms with Crippen LogP contribution in [0.1, 0.15) is 38.2 Å². The summed E-state index contributed by atoms with van der Waals surface area (Å²) in [4.78, 5) is 37.4. The van der Waals surface area contributed by atoms with Crippen molar-refractivity contribution in [2.45, 2.75) is 32.6 Å². The number of ketones is 1. The highest BCUT2D eigenvalue weighted by Crippen LogP contribution is 2.52. The molecule has 2 aliphatic rings. The summed E-state index contributed by atoms with van der Waals surface area (Å²) in [7, 11) is 0. The van der Waals surface area contributed by atoms with E-state index in [0.29, 0.717) is 12.1 Å². The van der Waals surface area contributed by atoms with Gasteiger partial charge >= 0.3 is 0 Å². The molecule has 35 heavy (non-hydrogen) atoms. The standard InChI is InChI=1S/C24H20ClN5O5/c1-24(2)10-19-22(20(31)11-24)21(14-5-3-4-6-16(14)29(32)33)15(12-26)23(27)28(19)17-8-7-13(25)9-18(17)30(34)35/h3-9,21H,10-11,27H2,1-2H3. The molecule has 0 amide bonds. The first-order valence-electron chi connectivity index (χ1n) is 10.6. The third kappa shape index (κ3) is 4.00. The van der Waals surface area contributed by atoms with E-state index in [0.717, 1.165) is 0 Å². The molecule has 0 fully saturated rings. The molecule has 10 nitrogen and oxygen atoms in total. The maximum Gasteiger partial charge on any atom is 0.294 e. The summed E-state index contributed by atoms with van der Waals surface area (Å²) >= 11 is 6.00. The number of halogens is 1. The quantitative estimate of drug-likeness (QED) is 0.455. The van der Waals surface area contributed by atoms with Gasteiger partial charge in [-0.05, 0) is 24.0 Å². The second-order valence-electron chi connectivity index (χ2n) is 9.19. The van der Waals surface area contributed by atoms with Gasteiger partial charge in [0.15, 0.2) is 5.78 Å². The Kier molecular flexibility index (Phi) is 5.82. The van der Waals surface area contributed by atoms with Crippen LogP contribution in [0.25, 0.3) is 0 Å². The number of benzene rings is 2. The number of nitrogens with two attached hydrogens (primary N) is 1. The van der Waals surface area contributed by atoms with Crippen molar-refractivity contribution in [3.63, 3.8) is 0 Å². The first-order chi connectivity index (χ1) is 16.5. The summed E-state index contributed by atoms with van der Waals surface area (Å²) in [6.07, 6.45) is 0.433. The summed E-state index contributed by atoms with van der Waals surface area (Å²) in [5.41, 5.74) is 5.99. The van der Waals surface area contributed by atoms with Crippen molar-refractivity contribution in [2.75, 3.05) is 4.90 Å². The predicted molar refractivity (Wildman–Crippen MR) is 128 cm³/mol. The SMILES string of the molecule is CC1(C)CC(=O)C2=C(C1)N(c1ccc(Cl)cc1[N+](=O)[O-])C(N)=C(C#N)C2c1ccccc1[N+](=O)[O-]. The van der Waals surface area contributed by atoms with Gasteiger partial charge in [0.25, 0.3) is 11.4 Å². The lowest BCUT2D eigenvalue weighted by atomic mass is 9.68. The lowest BCUT2D eigenvalue weighted by Crippen LogP contribution is -2.42. The molecule has 0 radical (unpaired) electrons. The number of carbonyl (C=O) groups excluding carboxylic acids is 1. The Morgan fingerprint density at radius 1 is 1.11 bits per heavy atom. The number of Topliss-reactive ketones (excluding diaryl/α,β-unsaturated/α-hetero) is 1. The van der Waals surface area contributed by atoms with E-state index in [9.17, 15) is 30.3 Å². The van der Waals surface area contributed by atoms with Crippen LogP contribution in [0, 0.1) is 37.0 Å². The van der Waals surface area contributed by atoms with Crippen LogP contribution in [-0.2, 0) is 4.79 Å². The van der Waals surface area contributed by atoms with Crippen LogP contribution < -0.4 is 10.6 Å². The van der Waals surface area contributed by atoms with Crippen LogP contribution in [0.15, 0.2) is 65.1 Å². The highest BCUT2D eigenvalue weighted by Gasteiger charge is 2.47. The van der Waals surface area contributed by atoms with Crippen molar-refractivity contribution < 1.29 is 14.6 Å². The number of rotatable bonds is 4. The van der Waals surface area contributed by atoms with Gasteiger partial charge in [-0.15, -0.1) is 0 Å². The van der Waals surface area contributed by atoms with Gasteiger partial charge in [-0.3, -0.25) is 29.9 Å². The molecule has 1 aliphatic heterocycles. The number of hydrogen-bond donors (Lipinski definition) is 1. The molecule has 1 atom stereocenters. The lowest BCUT2D eigenvalue weighted by Gasteiger charge is -2.43. The molecule has 0 saturated heterocycles. The molecule has 4 rings (SSSR count). The van der Waals surface area contributed by atoms with Gasteiger partial charge < -0.3 is 5.73 Å². The van der Waals surface area contributed by atoms with E-state index in [1.165, 1.54) is 41.3 Å². The normalized spacial score (nSPS) is 19.3. The van der Waals surface area contributed by atoms with E-state index < -0.39 is 21.2 Å². The molecule has 0 saturated carbocycles. The molecule has 2 aromatic rings. The Labute approximate surface area is 205 Å². The number of allylic oxidation sites excluding steroid dienone is 3. The molecule has 11 heteroatoms. The summed E-state index contributed by atoms with van der Waals surface area (Å²) < 4.78 is 0. The van der Waals surface area contributed by atoms with E-state index in [1.54, 1.807) is 6.07 Å². The average molecular weight is 494 g/mol. The minimum atomic E-state index is -1.08. The van der Waals surface area contributed by atoms with Crippen molar-refractivity contribution in [1.82, 2.24) is 0 Å². The fraction of sp³-hybridized carbons (Fsp3) is 0.250. The first kappa shape index (κ1) is 23.9. The highest BCUT2D eigenvalue weighted by atomic mass is 35.5. The topological polar surface area (TPSA) is 156 Å². The summed E-state index contributed by atoms with van der Waals surface area (Å²) in [5, 5.41) is 33.9. The predicted octanol–water partition coefficient (Wildman–Crippen LogP) is 5.10. The van der Waals surface area contributed by atoms with Crippen molar-refractivity contribution in [1.29, 1.82) is 5.26 Å². The zero-order chi connectivity index (χ0) is 25.7. The summed E-state index contributed by atoms with van der Waals surface area (Å²) in [5.74, 6) is -1.52. The molecular weight excluding hydrogens is 474 g/mol. The highest BCUT2D eigenvalue weighted by molar-refractivity contribution is 6.31. The second kappa shape index (κ2) is 8.52. The summed E-state index contributed by atoms with van der Waals surface area (Å²) in [6, 6.07) is 11.9. The zero-order valence-electron chi connectivity index (χ0n) is 18.8. The van der Waals surface area contributed by atoms with Crippen molar-refractivity contribution >= 4 is 34.4 Å². The van der Waals surface area contributed by atoms with Crippen LogP contribution in [0.2, 0.25) is 5.02 Å². The Hall–Kier alpha value is -4.23. The van der Waals surface area contributed by atoms with Gasteiger partial charge in [0.1, 0.15) is 11.5 Å².